The molecule has 0 saturated heterocycles. The predicted molar refractivity (Wildman–Crippen MR) is 157 cm³/mol. The molecule has 0 aliphatic heterocycles. The van der Waals surface area contributed by atoms with Crippen molar-refractivity contribution in [1.29, 1.82) is 0 Å². The molecule has 0 atom stereocenters. The van der Waals surface area contributed by atoms with Gasteiger partial charge in [0.25, 0.3) is 0 Å². The summed E-state index contributed by atoms with van der Waals surface area (Å²) in [6, 6.07) is 26.4. The third-order valence-corrected chi connectivity index (χ3v) is 7.19. The van der Waals surface area contributed by atoms with Crippen LogP contribution in [0.15, 0.2) is 72.8 Å². The minimum Gasteiger partial charge on any atom is -0.278 e. The normalized spacial score (nSPS) is 12.4. The van der Waals surface area contributed by atoms with Gasteiger partial charge in [-0.3, -0.25) is 4.57 Å². The Morgan fingerprint density at radius 1 is 0.757 bits per heavy atom. The molecule has 0 N–H and O–H groups in total. The van der Waals surface area contributed by atoms with Gasteiger partial charge >= 0.3 is 0 Å². The second kappa shape index (κ2) is 10.7. The van der Waals surface area contributed by atoms with Crippen molar-refractivity contribution in [3.63, 3.8) is 0 Å². The Morgan fingerprint density at radius 3 is 2.11 bits per heavy atom. The first-order valence-electron chi connectivity index (χ1n) is 13.8. The van der Waals surface area contributed by atoms with Crippen LogP contribution in [0.3, 0.4) is 0 Å². The molecule has 0 radical (unpaired) electrons. The fraction of sp³-hybridized carbons (Fsp3) is 0.412. The Balaban J connectivity index is 1.98. The topological polar surface area (TPSA) is 30.7 Å². The molecule has 4 rings (SSSR count). The fourth-order valence-electron chi connectivity index (χ4n) is 5.22. The van der Waals surface area contributed by atoms with Crippen LogP contribution < -0.4 is 0 Å². The van der Waals surface area contributed by atoms with Gasteiger partial charge in [0.1, 0.15) is 5.82 Å². The molecule has 0 bridgehead atoms. The van der Waals surface area contributed by atoms with Gasteiger partial charge in [0.05, 0.1) is 5.69 Å². The highest BCUT2D eigenvalue weighted by molar-refractivity contribution is 5.68. The maximum absolute atomic E-state index is 4.86. The van der Waals surface area contributed by atoms with Crippen molar-refractivity contribution < 1.29 is 0 Å². The third kappa shape index (κ3) is 5.87. The average molecular weight is 494 g/mol. The van der Waals surface area contributed by atoms with E-state index in [1.165, 1.54) is 27.9 Å². The van der Waals surface area contributed by atoms with Gasteiger partial charge in [-0.2, -0.15) is 0 Å². The van der Waals surface area contributed by atoms with E-state index in [9.17, 15) is 0 Å². The lowest BCUT2D eigenvalue weighted by atomic mass is 9.85. The molecule has 0 saturated carbocycles. The van der Waals surface area contributed by atoms with Gasteiger partial charge in [0, 0.05) is 11.0 Å². The van der Waals surface area contributed by atoms with Crippen LogP contribution in [0.25, 0.3) is 28.2 Å². The quantitative estimate of drug-likeness (QED) is 0.245. The molecule has 0 aliphatic carbocycles. The molecule has 1 heterocycles. The van der Waals surface area contributed by atoms with Crippen LogP contribution >= 0.6 is 0 Å². The SMILES string of the molecule is CCCC(C)(C)c1nnc(-c2cccc(C(C)(C)C)c2)n1-c1ccc(-c2ccccc2)cc1CC(C)C. The Kier molecular flexibility index (Phi) is 7.73. The summed E-state index contributed by atoms with van der Waals surface area (Å²) in [5, 5.41) is 9.71. The van der Waals surface area contributed by atoms with Gasteiger partial charge < -0.3 is 0 Å². The zero-order valence-corrected chi connectivity index (χ0v) is 24.0. The molecule has 1 aromatic heterocycles. The molecule has 0 unspecified atom stereocenters. The highest BCUT2D eigenvalue weighted by Gasteiger charge is 2.30. The van der Waals surface area contributed by atoms with E-state index in [4.69, 9.17) is 10.2 Å². The standard InChI is InChI=1S/C34H43N3/c1-9-20-34(7,8)32-36-35-31(27-16-13-17-29(23-27)33(4,5)6)37(32)30-19-18-26(22-28(30)21-24(2)3)25-14-11-10-12-15-25/h10-19,22-24H,9,20-21H2,1-8H3. The highest BCUT2D eigenvalue weighted by atomic mass is 15.3. The molecule has 0 spiro atoms. The summed E-state index contributed by atoms with van der Waals surface area (Å²) < 4.78 is 2.35. The summed E-state index contributed by atoms with van der Waals surface area (Å²) >= 11 is 0. The first kappa shape index (κ1) is 26.9. The van der Waals surface area contributed by atoms with Crippen molar-refractivity contribution >= 4 is 0 Å². The first-order valence-corrected chi connectivity index (χ1v) is 13.8. The second-order valence-electron chi connectivity index (χ2n) is 12.5. The molecular formula is C34H43N3. The molecule has 4 aromatic rings. The van der Waals surface area contributed by atoms with E-state index in [1.54, 1.807) is 0 Å². The van der Waals surface area contributed by atoms with E-state index in [1.807, 2.05) is 0 Å². The number of hydrogen-bond acceptors (Lipinski definition) is 2. The van der Waals surface area contributed by atoms with E-state index >= 15 is 0 Å². The highest BCUT2D eigenvalue weighted by Crippen LogP contribution is 2.36. The molecule has 3 heteroatoms. The zero-order valence-electron chi connectivity index (χ0n) is 24.0. The number of nitrogens with zero attached hydrogens (tertiary/aromatic N) is 3. The van der Waals surface area contributed by atoms with Crippen LogP contribution in [0.5, 0.6) is 0 Å². The van der Waals surface area contributed by atoms with Crippen molar-refractivity contribution in [3.05, 3.63) is 89.7 Å². The lowest BCUT2D eigenvalue weighted by Crippen LogP contribution is -2.23. The minimum atomic E-state index is -0.102. The van der Waals surface area contributed by atoms with Crippen LogP contribution in [-0.2, 0) is 17.3 Å². The summed E-state index contributed by atoms with van der Waals surface area (Å²) in [5.41, 5.74) is 7.38. The first-order chi connectivity index (χ1) is 17.5. The van der Waals surface area contributed by atoms with Gasteiger partial charge in [-0.1, -0.05) is 116 Å². The molecule has 0 aliphatic rings. The molecule has 37 heavy (non-hydrogen) atoms. The summed E-state index contributed by atoms with van der Waals surface area (Å²) in [6.45, 7) is 18.2. The minimum absolute atomic E-state index is 0.0608. The van der Waals surface area contributed by atoms with E-state index in [0.717, 1.165) is 36.5 Å². The third-order valence-electron chi connectivity index (χ3n) is 7.19. The van der Waals surface area contributed by atoms with Crippen molar-refractivity contribution in [3.8, 4) is 28.2 Å². The van der Waals surface area contributed by atoms with Crippen molar-refractivity contribution in [2.24, 2.45) is 5.92 Å². The van der Waals surface area contributed by atoms with Crippen LogP contribution in [0.1, 0.15) is 85.2 Å². The molecule has 0 fully saturated rings. The summed E-state index contributed by atoms with van der Waals surface area (Å²) in [6.07, 6.45) is 3.14. The predicted octanol–water partition coefficient (Wildman–Crippen LogP) is 9.18. The zero-order chi connectivity index (χ0) is 26.8. The Labute approximate surface area is 224 Å². The van der Waals surface area contributed by atoms with Gasteiger partial charge in [0.2, 0.25) is 0 Å². The van der Waals surface area contributed by atoms with Crippen molar-refractivity contribution in [1.82, 2.24) is 14.8 Å². The molecule has 0 amide bonds. The summed E-state index contributed by atoms with van der Waals surface area (Å²) in [5.74, 6) is 2.48. The average Bonchev–Trinajstić information content (AvgIpc) is 3.30. The molecule has 3 aromatic carbocycles. The number of benzene rings is 3. The monoisotopic (exact) mass is 493 g/mol. The molecular weight excluding hydrogens is 450 g/mol. The number of hydrogen-bond donors (Lipinski definition) is 0. The molecule has 3 nitrogen and oxygen atoms in total. The number of rotatable bonds is 8. The maximum Gasteiger partial charge on any atom is 0.168 e. The van der Waals surface area contributed by atoms with Gasteiger partial charge in [-0.25, -0.2) is 0 Å². The Morgan fingerprint density at radius 2 is 1.46 bits per heavy atom. The fourth-order valence-corrected chi connectivity index (χ4v) is 5.22. The number of aromatic nitrogens is 3. The summed E-state index contributed by atoms with van der Waals surface area (Å²) in [4.78, 5) is 0. The second-order valence-corrected chi connectivity index (χ2v) is 12.5. The van der Waals surface area contributed by atoms with Crippen molar-refractivity contribution in [2.75, 3.05) is 0 Å². The largest absolute Gasteiger partial charge is 0.278 e. The van der Waals surface area contributed by atoms with E-state index in [2.05, 4.69) is 133 Å². The maximum atomic E-state index is 4.86. The lowest BCUT2D eigenvalue weighted by molar-refractivity contribution is 0.437. The van der Waals surface area contributed by atoms with E-state index < -0.39 is 0 Å². The van der Waals surface area contributed by atoms with Crippen molar-refractivity contribution in [2.45, 2.75) is 85.5 Å². The van der Waals surface area contributed by atoms with Crippen LogP contribution in [0.4, 0.5) is 0 Å². The van der Waals surface area contributed by atoms with E-state index in [-0.39, 0.29) is 10.8 Å². The van der Waals surface area contributed by atoms with Gasteiger partial charge in [-0.05, 0) is 64.6 Å². The van der Waals surface area contributed by atoms with Crippen LogP contribution in [0, 0.1) is 5.92 Å². The van der Waals surface area contributed by atoms with E-state index in [0.29, 0.717) is 5.92 Å². The Hall–Kier alpha value is -3.20. The van der Waals surface area contributed by atoms with Crippen LogP contribution in [-0.4, -0.2) is 14.8 Å². The lowest BCUT2D eigenvalue weighted by Gasteiger charge is -2.26. The Bertz CT molecular complexity index is 1340. The van der Waals surface area contributed by atoms with Gasteiger partial charge in [-0.15, -0.1) is 10.2 Å². The van der Waals surface area contributed by atoms with Gasteiger partial charge in [0.15, 0.2) is 5.82 Å². The molecule has 194 valence electrons. The smallest absolute Gasteiger partial charge is 0.168 e. The van der Waals surface area contributed by atoms with Crippen LogP contribution in [0.2, 0.25) is 0 Å². The summed E-state index contributed by atoms with van der Waals surface area (Å²) in [7, 11) is 0.